The number of carbonyl (C=O) groups is 5. The van der Waals surface area contributed by atoms with Crippen LogP contribution in [0.25, 0.3) is 11.3 Å². The summed E-state index contributed by atoms with van der Waals surface area (Å²) in [4.78, 5) is 74.8. The number of piperidine rings is 3. The van der Waals surface area contributed by atoms with Crippen LogP contribution in [0, 0.1) is 11.3 Å². The molecule has 0 aliphatic carbocycles. The number of para-hydroxylation sites is 1. The van der Waals surface area contributed by atoms with Crippen molar-refractivity contribution in [3.05, 3.63) is 95.6 Å². The van der Waals surface area contributed by atoms with Gasteiger partial charge in [-0.2, -0.15) is 0 Å². The first-order valence-electron chi connectivity index (χ1n) is 22.1. The zero-order chi connectivity index (χ0) is 43.9. The number of amides is 4. The van der Waals surface area contributed by atoms with E-state index in [-0.39, 0.29) is 46.9 Å². The summed E-state index contributed by atoms with van der Waals surface area (Å²) in [5.41, 5.74) is 10.2. The van der Waals surface area contributed by atoms with Crippen LogP contribution in [0.1, 0.15) is 71.2 Å². The first-order chi connectivity index (χ1) is 30.5. The number of aromatic hydroxyl groups is 1. The Morgan fingerprint density at radius 3 is 2.32 bits per heavy atom. The molecule has 1 aromatic heterocycles. The number of nitrogens with zero attached hydrogens (tertiary/aromatic N) is 7. The van der Waals surface area contributed by atoms with Gasteiger partial charge >= 0.3 is 0 Å². The number of nitrogens with one attached hydrogen (secondary N) is 1. The molecule has 15 heteroatoms. The van der Waals surface area contributed by atoms with E-state index in [2.05, 4.69) is 47.2 Å². The number of likely N-dealkylation sites (N-methyl/N-ethyl adjacent to an activating group) is 1. The molecule has 9 rings (SSSR count). The van der Waals surface area contributed by atoms with Gasteiger partial charge in [0.25, 0.3) is 5.91 Å². The van der Waals surface area contributed by atoms with E-state index in [0.717, 1.165) is 82.0 Å². The molecule has 1 unspecified atom stereocenters. The van der Waals surface area contributed by atoms with Crippen molar-refractivity contribution in [2.75, 3.05) is 81.5 Å². The Morgan fingerprint density at radius 1 is 0.873 bits per heavy atom. The third-order valence-electron chi connectivity index (χ3n) is 14.4. The van der Waals surface area contributed by atoms with Gasteiger partial charge in [0, 0.05) is 88.1 Å². The Labute approximate surface area is 367 Å². The first-order valence-corrected chi connectivity index (χ1v) is 22.1. The lowest BCUT2D eigenvalue weighted by molar-refractivity contribution is -0.150. The van der Waals surface area contributed by atoms with Crippen LogP contribution in [0.5, 0.6) is 5.75 Å². The van der Waals surface area contributed by atoms with Gasteiger partial charge in [0.15, 0.2) is 12.1 Å². The van der Waals surface area contributed by atoms with Gasteiger partial charge in [0.2, 0.25) is 17.7 Å². The number of rotatable bonds is 10. The van der Waals surface area contributed by atoms with Crippen LogP contribution >= 0.6 is 0 Å². The summed E-state index contributed by atoms with van der Waals surface area (Å²) in [5, 5.41) is 21.3. The highest BCUT2D eigenvalue weighted by molar-refractivity contribution is 6.06. The van der Waals surface area contributed by atoms with Gasteiger partial charge in [-0.1, -0.05) is 42.5 Å². The number of nitrogens with two attached hydrogens (primary N) is 1. The minimum absolute atomic E-state index is 0.113. The fourth-order valence-electron chi connectivity index (χ4n) is 10.8. The molecule has 4 N–H and O–H groups in total. The molecule has 0 radical (unpaired) electrons. The van der Waals surface area contributed by atoms with Crippen LogP contribution in [-0.4, -0.2) is 132 Å². The Balaban J connectivity index is 0.786. The number of hydrogen-bond acceptors (Lipinski definition) is 12. The minimum Gasteiger partial charge on any atom is -0.507 e. The molecule has 15 nitrogen and oxygen atoms in total. The lowest BCUT2D eigenvalue weighted by Crippen LogP contribution is -2.64. The van der Waals surface area contributed by atoms with Crippen LogP contribution < -0.4 is 20.9 Å². The standard InChI is InChI=1S/C48H55N9O6/c1-53(39-13-14-42(60)50-44(39)61)45(62)36-12-11-35(25-33(36)28-58)55-20-15-32(16-21-55)27-54-22-17-47(29-54)30-57(31-47)46(63)48(34-7-3-2-4-8-34)18-23-56(24-19-48)40-26-38(51-52-43(40)49)37-9-5-6-10-41(37)59/h2-12,25-26,28,32,39,59H,13-24,27,29-31H2,1H3,(H2,49,52)(H,50,60,61). The minimum atomic E-state index is -0.766. The van der Waals surface area contributed by atoms with Gasteiger partial charge in [-0.25, -0.2) is 0 Å². The second-order valence-electron chi connectivity index (χ2n) is 18.3. The van der Waals surface area contributed by atoms with Crippen molar-refractivity contribution in [2.45, 2.75) is 56.4 Å². The van der Waals surface area contributed by atoms with E-state index in [1.807, 2.05) is 36.4 Å². The van der Waals surface area contributed by atoms with Crippen molar-refractivity contribution in [3.8, 4) is 17.0 Å². The molecule has 328 valence electrons. The number of phenolic OH excluding ortho intramolecular Hbond substituents is 1. The van der Waals surface area contributed by atoms with E-state index in [4.69, 9.17) is 5.73 Å². The summed E-state index contributed by atoms with van der Waals surface area (Å²) in [5.74, 6) is -0.0920. The molecule has 5 fully saturated rings. The summed E-state index contributed by atoms with van der Waals surface area (Å²) < 4.78 is 0. The maximum absolute atomic E-state index is 14.7. The van der Waals surface area contributed by atoms with E-state index >= 15 is 0 Å². The highest BCUT2D eigenvalue weighted by atomic mass is 16.3. The molecule has 4 amide bonds. The van der Waals surface area contributed by atoms with Gasteiger partial charge in [-0.3, -0.25) is 29.3 Å². The Morgan fingerprint density at radius 2 is 1.60 bits per heavy atom. The number of carbonyl (C=O) groups excluding carboxylic acids is 5. The maximum Gasteiger partial charge on any atom is 0.255 e. The number of aromatic nitrogens is 2. The van der Waals surface area contributed by atoms with Crippen molar-refractivity contribution in [1.29, 1.82) is 0 Å². The molecule has 1 atom stereocenters. The molecule has 63 heavy (non-hydrogen) atoms. The van der Waals surface area contributed by atoms with Gasteiger partial charge in [0.1, 0.15) is 11.8 Å². The Bertz CT molecular complexity index is 2410. The number of nitrogen functional groups attached to an aromatic ring is 1. The predicted octanol–water partition coefficient (Wildman–Crippen LogP) is 4.11. The monoisotopic (exact) mass is 853 g/mol. The lowest BCUT2D eigenvalue weighted by Gasteiger charge is -2.53. The zero-order valence-electron chi connectivity index (χ0n) is 35.7. The number of likely N-dealkylation sites (tertiary alicyclic amines) is 2. The quantitative estimate of drug-likeness (QED) is 0.154. The summed E-state index contributed by atoms with van der Waals surface area (Å²) in [6.07, 6.45) is 5.48. The maximum atomic E-state index is 14.7. The number of aldehydes is 1. The Kier molecular flexibility index (Phi) is 11.4. The third kappa shape index (κ3) is 8.10. The normalized spacial score (nSPS) is 21.2. The topological polar surface area (TPSA) is 186 Å². The average molecular weight is 854 g/mol. The highest BCUT2D eigenvalue weighted by Crippen LogP contribution is 2.46. The number of imide groups is 1. The number of benzene rings is 3. The van der Waals surface area contributed by atoms with Gasteiger partial charge in [-0.15, -0.1) is 10.2 Å². The zero-order valence-corrected chi connectivity index (χ0v) is 35.7. The molecule has 5 saturated heterocycles. The van der Waals surface area contributed by atoms with Gasteiger partial charge in [0.05, 0.1) is 22.4 Å². The molecular formula is C48H55N9O6. The summed E-state index contributed by atoms with van der Waals surface area (Å²) >= 11 is 0. The molecule has 3 aromatic carbocycles. The number of anilines is 3. The SMILES string of the molecule is CN(C(=O)c1ccc(N2CCC(CN3CCC4(C3)CN(C(=O)C3(c5ccccc5)CCN(c5cc(-c6ccccc6O)nnc5N)CC3)C4)CC2)cc1C=O)C1CCC(=O)NC1=O. The van der Waals surface area contributed by atoms with E-state index < -0.39 is 23.3 Å². The molecule has 5 aliphatic heterocycles. The van der Waals surface area contributed by atoms with Crippen LogP contribution in [-0.2, 0) is 19.8 Å². The van der Waals surface area contributed by atoms with Crippen molar-refractivity contribution in [1.82, 2.24) is 30.2 Å². The molecular weight excluding hydrogens is 799 g/mol. The first kappa shape index (κ1) is 42.0. The second kappa shape index (κ2) is 17.1. The van der Waals surface area contributed by atoms with E-state index in [9.17, 15) is 29.1 Å². The average Bonchev–Trinajstić information content (AvgIpc) is 3.73. The molecule has 1 spiro atoms. The van der Waals surface area contributed by atoms with Crippen LogP contribution in [0.2, 0.25) is 0 Å². The van der Waals surface area contributed by atoms with E-state index in [1.54, 1.807) is 30.3 Å². The number of phenols is 1. The van der Waals surface area contributed by atoms with Crippen molar-refractivity contribution >= 4 is 47.1 Å². The summed E-state index contributed by atoms with van der Waals surface area (Å²) in [6.45, 7) is 7.50. The van der Waals surface area contributed by atoms with Crippen molar-refractivity contribution < 1.29 is 29.1 Å². The molecule has 0 saturated carbocycles. The fourth-order valence-corrected chi connectivity index (χ4v) is 10.8. The van der Waals surface area contributed by atoms with E-state index in [1.165, 1.54) is 11.9 Å². The van der Waals surface area contributed by atoms with Crippen molar-refractivity contribution in [2.24, 2.45) is 11.3 Å². The van der Waals surface area contributed by atoms with Crippen LogP contribution in [0.3, 0.4) is 0 Å². The number of hydrogen-bond donors (Lipinski definition) is 3. The smallest absolute Gasteiger partial charge is 0.255 e. The fraction of sp³-hybridized carbons (Fsp3) is 0.438. The predicted molar refractivity (Wildman–Crippen MR) is 238 cm³/mol. The molecule has 5 aliphatic rings. The second-order valence-corrected chi connectivity index (χ2v) is 18.3. The summed E-state index contributed by atoms with van der Waals surface area (Å²) in [6, 6.07) is 23.7. The van der Waals surface area contributed by atoms with Crippen LogP contribution in [0.15, 0.2) is 78.9 Å². The lowest BCUT2D eigenvalue weighted by atomic mass is 9.69. The van der Waals surface area contributed by atoms with Crippen molar-refractivity contribution in [3.63, 3.8) is 0 Å². The summed E-state index contributed by atoms with van der Waals surface area (Å²) in [7, 11) is 1.53. The van der Waals surface area contributed by atoms with Crippen LogP contribution in [0.4, 0.5) is 17.2 Å². The molecule has 0 bridgehead atoms. The molecule has 4 aromatic rings. The highest BCUT2D eigenvalue weighted by Gasteiger charge is 2.54. The van der Waals surface area contributed by atoms with E-state index in [0.29, 0.717) is 55.2 Å². The third-order valence-corrected chi connectivity index (χ3v) is 14.4. The Hall–Kier alpha value is -6.35. The van der Waals surface area contributed by atoms with Gasteiger partial charge < -0.3 is 35.3 Å². The van der Waals surface area contributed by atoms with Gasteiger partial charge in [-0.05, 0) is 92.9 Å². The molecule has 6 heterocycles. The largest absolute Gasteiger partial charge is 0.507 e.